The molecule has 0 saturated carbocycles. The molecule has 8 nitrogen and oxygen atoms in total. The van der Waals surface area contributed by atoms with Crippen LogP contribution in [0.25, 0.3) is 11.3 Å². The van der Waals surface area contributed by atoms with Crippen LogP contribution in [0.5, 0.6) is 0 Å². The standard InChI is InChI=1S/C22H23ClN4O4/c1-22(2,3)21-24-17-8-9-26(12-16(17)20(28)25-21)11-14-5-7-19(31-14)15-6-4-13(23)10-18(15)27(29)30/h4-7,10H,8-9,11-12H2,1-3H3,(H,24,25,28). The Morgan fingerprint density at radius 3 is 2.77 bits per heavy atom. The van der Waals surface area contributed by atoms with Gasteiger partial charge in [-0.05, 0) is 24.3 Å². The molecule has 4 rings (SSSR count). The smallest absolute Gasteiger partial charge is 0.281 e. The highest BCUT2D eigenvalue weighted by Gasteiger charge is 2.26. The summed E-state index contributed by atoms with van der Waals surface area (Å²) in [4.78, 5) is 33.2. The Hall–Kier alpha value is -2.97. The van der Waals surface area contributed by atoms with Crippen molar-refractivity contribution in [3.8, 4) is 11.3 Å². The molecule has 1 aromatic carbocycles. The van der Waals surface area contributed by atoms with Crippen molar-refractivity contribution in [2.75, 3.05) is 6.54 Å². The molecule has 0 atom stereocenters. The number of H-pyrrole nitrogens is 1. The summed E-state index contributed by atoms with van der Waals surface area (Å²) < 4.78 is 5.89. The fourth-order valence-electron chi connectivity index (χ4n) is 3.66. The number of nitro groups is 1. The SMILES string of the molecule is CC(C)(C)c1nc2c(c(=O)[nH]1)CN(Cc1ccc(-c3ccc(Cl)cc3[N+](=O)[O-])o1)CC2. The highest BCUT2D eigenvalue weighted by Crippen LogP contribution is 2.33. The first-order valence-corrected chi connectivity index (χ1v) is 10.4. The molecule has 0 aliphatic carbocycles. The Morgan fingerprint density at radius 1 is 1.29 bits per heavy atom. The molecule has 162 valence electrons. The van der Waals surface area contributed by atoms with E-state index in [4.69, 9.17) is 16.0 Å². The van der Waals surface area contributed by atoms with Gasteiger partial charge < -0.3 is 9.40 Å². The third-order valence-electron chi connectivity index (χ3n) is 5.32. The van der Waals surface area contributed by atoms with Crippen molar-refractivity contribution >= 4 is 17.3 Å². The van der Waals surface area contributed by atoms with Crippen LogP contribution in [0.15, 0.2) is 39.5 Å². The van der Waals surface area contributed by atoms with Gasteiger partial charge in [-0.1, -0.05) is 32.4 Å². The predicted octanol–water partition coefficient (Wildman–Crippen LogP) is 4.45. The molecule has 0 amide bonds. The molecule has 9 heteroatoms. The lowest BCUT2D eigenvalue weighted by Gasteiger charge is -2.28. The molecule has 1 aliphatic heterocycles. The fraction of sp³-hybridized carbons (Fsp3) is 0.364. The maximum atomic E-state index is 12.6. The van der Waals surface area contributed by atoms with E-state index in [-0.39, 0.29) is 16.7 Å². The minimum absolute atomic E-state index is 0.100. The van der Waals surface area contributed by atoms with Crippen molar-refractivity contribution in [1.29, 1.82) is 0 Å². The quantitative estimate of drug-likeness (QED) is 0.472. The van der Waals surface area contributed by atoms with Crippen molar-refractivity contribution in [3.05, 3.63) is 78.7 Å². The second-order valence-corrected chi connectivity index (χ2v) is 9.17. The Labute approximate surface area is 184 Å². The molecule has 0 saturated heterocycles. The third-order valence-corrected chi connectivity index (χ3v) is 5.56. The van der Waals surface area contributed by atoms with E-state index in [0.29, 0.717) is 53.0 Å². The molecule has 2 aromatic heterocycles. The Balaban J connectivity index is 1.54. The van der Waals surface area contributed by atoms with Gasteiger partial charge in [0.15, 0.2) is 0 Å². The van der Waals surface area contributed by atoms with Crippen molar-refractivity contribution in [2.24, 2.45) is 0 Å². The highest BCUT2D eigenvalue weighted by molar-refractivity contribution is 6.30. The number of aromatic nitrogens is 2. The number of rotatable bonds is 4. The lowest BCUT2D eigenvalue weighted by atomic mass is 9.95. The van der Waals surface area contributed by atoms with E-state index in [0.717, 1.165) is 12.2 Å². The summed E-state index contributed by atoms with van der Waals surface area (Å²) in [5.41, 5.74) is 1.48. The molecular formula is C22H23ClN4O4. The molecule has 0 spiro atoms. The van der Waals surface area contributed by atoms with Crippen molar-refractivity contribution in [3.63, 3.8) is 0 Å². The fourth-order valence-corrected chi connectivity index (χ4v) is 3.83. The lowest BCUT2D eigenvalue weighted by Crippen LogP contribution is -2.37. The summed E-state index contributed by atoms with van der Waals surface area (Å²) in [5.74, 6) is 1.77. The molecule has 0 bridgehead atoms. The normalized spacial score (nSPS) is 14.5. The largest absolute Gasteiger partial charge is 0.459 e. The summed E-state index contributed by atoms with van der Waals surface area (Å²) in [7, 11) is 0. The van der Waals surface area contributed by atoms with Crippen molar-refractivity contribution < 1.29 is 9.34 Å². The molecule has 0 unspecified atom stereocenters. The zero-order valence-electron chi connectivity index (χ0n) is 17.6. The summed E-state index contributed by atoms with van der Waals surface area (Å²) >= 11 is 5.90. The molecule has 31 heavy (non-hydrogen) atoms. The van der Waals surface area contributed by atoms with Gasteiger partial charge in [0.25, 0.3) is 11.2 Å². The molecule has 0 radical (unpaired) electrons. The van der Waals surface area contributed by atoms with Gasteiger partial charge in [-0.2, -0.15) is 0 Å². The zero-order valence-corrected chi connectivity index (χ0v) is 18.3. The van der Waals surface area contributed by atoms with Gasteiger partial charge in [0, 0.05) is 36.0 Å². The van der Waals surface area contributed by atoms with Crippen LogP contribution >= 0.6 is 11.6 Å². The van der Waals surface area contributed by atoms with E-state index in [2.05, 4.69) is 14.9 Å². The van der Waals surface area contributed by atoms with E-state index >= 15 is 0 Å². The zero-order chi connectivity index (χ0) is 22.3. The number of nitrogens with one attached hydrogen (secondary N) is 1. The van der Waals surface area contributed by atoms with Gasteiger partial charge in [0.2, 0.25) is 0 Å². The Morgan fingerprint density at radius 2 is 2.06 bits per heavy atom. The number of hydrogen-bond acceptors (Lipinski definition) is 6. The number of halogens is 1. The summed E-state index contributed by atoms with van der Waals surface area (Å²) in [6.07, 6.45) is 0.679. The van der Waals surface area contributed by atoms with Crippen LogP contribution in [0.2, 0.25) is 5.02 Å². The number of nitrogens with zero attached hydrogens (tertiary/aromatic N) is 3. The van der Waals surface area contributed by atoms with Crippen molar-refractivity contribution in [1.82, 2.24) is 14.9 Å². The first-order chi connectivity index (χ1) is 14.6. The number of aromatic amines is 1. The third kappa shape index (κ3) is 4.40. The summed E-state index contributed by atoms with van der Waals surface area (Å²) in [6, 6.07) is 8.00. The van der Waals surface area contributed by atoms with Gasteiger partial charge in [0.1, 0.15) is 17.3 Å². The number of benzene rings is 1. The van der Waals surface area contributed by atoms with Crippen LogP contribution in [-0.2, 0) is 24.9 Å². The maximum Gasteiger partial charge on any atom is 0.281 e. The molecular weight excluding hydrogens is 420 g/mol. The van der Waals surface area contributed by atoms with Crippen LogP contribution in [0.4, 0.5) is 5.69 Å². The van der Waals surface area contributed by atoms with Gasteiger partial charge in [-0.3, -0.25) is 19.8 Å². The van der Waals surface area contributed by atoms with Crippen LogP contribution < -0.4 is 5.56 Å². The van der Waals surface area contributed by atoms with Crippen LogP contribution in [-0.4, -0.2) is 26.3 Å². The van der Waals surface area contributed by atoms with Gasteiger partial charge in [-0.15, -0.1) is 0 Å². The van der Waals surface area contributed by atoms with Gasteiger partial charge in [0.05, 0.1) is 28.3 Å². The van der Waals surface area contributed by atoms with E-state index in [9.17, 15) is 14.9 Å². The second-order valence-electron chi connectivity index (χ2n) is 8.73. The monoisotopic (exact) mass is 442 g/mol. The van der Waals surface area contributed by atoms with Gasteiger partial charge in [-0.25, -0.2) is 4.98 Å². The van der Waals surface area contributed by atoms with E-state index in [1.807, 2.05) is 20.8 Å². The van der Waals surface area contributed by atoms with E-state index in [1.165, 1.54) is 6.07 Å². The lowest BCUT2D eigenvalue weighted by molar-refractivity contribution is -0.384. The molecule has 0 fully saturated rings. The number of furan rings is 1. The Bertz CT molecular complexity index is 1210. The minimum atomic E-state index is -0.476. The number of nitro benzene ring substituents is 1. The molecule has 1 aliphatic rings. The average molecular weight is 443 g/mol. The Kier molecular flexibility index (Phi) is 5.45. The van der Waals surface area contributed by atoms with Crippen LogP contribution in [0.1, 0.15) is 43.6 Å². The predicted molar refractivity (Wildman–Crippen MR) is 117 cm³/mol. The number of hydrogen-bond donors (Lipinski definition) is 1. The van der Waals surface area contributed by atoms with E-state index < -0.39 is 4.92 Å². The van der Waals surface area contributed by atoms with Crippen molar-refractivity contribution in [2.45, 2.75) is 45.7 Å². The molecule has 3 aromatic rings. The number of fused-ring (bicyclic) bond motifs is 1. The first kappa shape index (κ1) is 21.3. The summed E-state index contributed by atoms with van der Waals surface area (Å²) in [5, 5.41) is 11.7. The van der Waals surface area contributed by atoms with Gasteiger partial charge >= 0.3 is 0 Å². The first-order valence-electron chi connectivity index (χ1n) is 10.00. The highest BCUT2D eigenvalue weighted by atomic mass is 35.5. The maximum absolute atomic E-state index is 12.6. The summed E-state index contributed by atoms with van der Waals surface area (Å²) in [6.45, 7) is 7.76. The van der Waals surface area contributed by atoms with Crippen LogP contribution in [0.3, 0.4) is 0 Å². The topological polar surface area (TPSA) is 105 Å². The second kappa shape index (κ2) is 7.94. The molecule has 3 heterocycles. The molecule has 1 N–H and O–H groups in total. The average Bonchev–Trinajstić information content (AvgIpc) is 3.15. The van der Waals surface area contributed by atoms with Crippen LogP contribution in [0, 0.1) is 10.1 Å². The van der Waals surface area contributed by atoms with E-state index in [1.54, 1.807) is 24.3 Å². The minimum Gasteiger partial charge on any atom is -0.459 e.